The van der Waals surface area contributed by atoms with E-state index in [1.807, 2.05) is 0 Å². The Hall–Kier alpha value is 1.12. The lowest BCUT2D eigenvalue weighted by Crippen LogP contribution is -2.32. The van der Waals surface area contributed by atoms with Gasteiger partial charge in [0.15, 0.2) is 4.33 Å². The maximum absolute atomic E-state index is 8.62. The second kappa shape index (κ2) is 2.39. The SMILES string of the molecule is CC(Cl)(Cl)C(O)(Cl)Cl. The second-order valence-corrected chi connectivity index (χ2v) is 4.42. The molecule has 0 aliphatic rings. The summed E-state index contributed by atoms with van der Waals surface area (Å²) in [5.74, 6) is 0. The Morgan fingerprint density at radius 2 is 1.25 bits per heavy atom. The van der Waals surface area contributed by atoms with Crippen molar-refractivity contribution >= 4 is 46.4 Å². The second-order valence-electron chi connectivity index (χ2n) is 1.43. The molecule has 1 N–H and O–H groups in total. The molecule has 0 aromatic rings. The number of rotatable bonds is 1. The number of hydrogen-bond donors (Lipinski definition) is 1. The van der Waals surface area contributed by atoms with E-state index < -0.39 is 8.85 Å². The van der Waals surface area contributed by atoms with E-state index in [1.54, 1.807) is 0 Å². The zero-order valence-electron chi connectivity index (χ0n) is 3.96. The van der Waals surface area contributed by atoms with Crippen molar-refractivity contribution in [3.05, 3.63) is 0 Å². The lowest BCUT2D eigenvalue weighted by Gasteiger charge is -2.22. The highest BCUT2D eigenvalue weighted by Crippen LogP contribution is 2.39. The molecular formula is C3H4Cl4O. The Morgan fingerprint density at radius 1 is 1.12 bits per heavy atom. The number of aliphatic hydroxyl groups is 1. The van der Waals surface area contributed by atoms with Gasteiger partial charge in [0.25, 0.3) is 0 Å². The molecule has 0 amide bonds. The van der Waals surface area contributed by atoms with Crippen molar-refractivity contribution in [1.82, 2.24) is 0 Å². The Balaban J connectivity index is 4.02. The van der Waals surface area contributed by atoms with Crippen molar-refractivity contribution < 1.29 is 5.11 Å². The summed E-state index contributed by atoms with van der Waals surface area (Å²) in [5.41, 5.74) is 0. The monoisotopic (exact) mass is 196 g/mol. The van der Waals surface area contributed by atoms with Crippen molar-refractivity contribution in [2.75, 3.05) is 0 Å². The molecule has 50 valence electrons. The van der Waals surface area contributed by atoms with Crippen LogP contribution in [-0.4, -0.2) is 14.0 Å². The predicted octanol–water partition coefficient (Wildman–Crippen LogP) is 2.30. The largest absolute Gasteiger partial charge is 0.360 e. The minimum absolute atomic E-state index is 1.29. The Morgan fingerprint density at radius 3 is 1.25 bits per heavy atom. The highest BCUT2D eigenvalue weighted by molar-refractivity contribution is 6.61. The van der Waals surface area contributed by atoms with Crippen molar-refractivity contribution in [3.63, 3.8) is 0 Å². The molecule has 5 heteroatoms. The van der Waals surface area contributed by atoms with Gasteiger partial charge >= 0.3 is 0 Å². The first-order valence-corrected chi connectivity index (χ1v) is 3.24. The summed E-state index contributed by atoms with van der Waals surface area (Å²) in [6.45, 7) is 1.29. The molecule has 8 heavy (non-hydrogen) atoms. The standard InChI is InChI=1S/C3H4Cl4O/c1-2(4,5)3(6,7)8/h8H,1H3. The maximum atomic E-state index is 8.62. The summed E-state index contributed by atoms with van der Waals surface area (Å²) in [6, 6.07) is 0. The van der Waals surface area contributed by atoms with E-state index in [2.05, 4.69) is 0 Å². The van der Waals surface area contributed by atoms with Crippen LogP contribution in [0.5, 0.6) is 0 Å². The molecule has 0 radical (unpaired) electrons. The van der Waals surface area contributed by atoms with Gasteiger partial charge in [0.1, 0.15) is 0 Å². The van der Waals surface area contributed by atoms with Gasteiger partial charge < -0.3 is 5.11 Å². The van der Waals surface area contributed by atoms with Crippen molar-refractivity contribution in [2.45, 2.75) is 15.8 Å². The molecule has 0 saturated carbocycles. The van der Waals surface area contributed by atoms with Crippen LogP contribution in [0.3, 0.4) is 0 Å². The summed E-state index contributed by atoms with van der Waals surface area (Å²) in [6.07, 6.45) is 0. The molecule has 0 aliphatic carbocycles. The molecule has 0 rings (SSSR count). The Labute approximate surface area is 67.5 Å². The minimum Gasteiger partial charge on any atom is -0.360 e. The molecule has 0 atom stereocenters. The molecule has 0 aliphatic heterocycles. The molecule has 0 aromatic heterocycles. The lowest BCUT2D eigenvalue weighted by atomic mass is 10.5. The van der Waals surface area contributed by atoms with E-state index in [1.165, 1.54) is 6.92 Å². The third-order valence-electron chi connectivity index (χ3n) is 0.528. The Kier molecular flexibility index (Phi) is 2.73. The zero-order valence-corrected chi connectivity index (χ0v) is 6.98. The number of alkyl halides is 4. The first kappa shape index (κ1) is 9.12. The maximum Gasteiger partial charge on any atom is 0.248 e. The third-order valence-corrected chi connectivity index (χ3v) is 2.22. The van der Waals surface area contributed by atoms with Crippen LogP contribution < -0.4 is 0 Å². The number of hydrogen-bond acceptors (Lipinski definition) is 1. The predicted molar refractivity (Wildman–Crippen MR) is 36.8 cm³/mol. The van der Waals surface area contributed by atoms with Crippen LogP contribution in [0.1, 0.15) is 6.92 Å². The number of halogens is 4. The van der Waals surface area contributed by atoms with Crippen LogP contribution in [0.15, 0.2) is 0 Å². The summed E-state index contributed by atoms with van der Waals surface area (Å²) in [4.78, 5) is 0. The van der Waals surface area contributed by atoms with Gasteiger partial charge in [-0.25, -0.2) is 0 Å². The van der Waals surface area contributed by atoms with Crippen LogP contribution in [0.4, 0.5) is 0 Å². The van der Waals surface area contributed by atoms with Crippen LogP contribution in [-0.2, 0) is 0 Å². The van der Waals surface area contributed by atoms with Crippen molar-refractivity contribution in [2.24, 2.45) is 0 Å². The quantitative estimate of drug-likeness (QED) is 0.640. The summed E-state index contributed by atoms with van der Waals surface area (Å²) in [5, 5.41) is 8.62. The van der Waals surface area contributed by atoms with Gasteiger partial charge in [0.2, 0.25) is 4.52 Å². The molecule has 0 aromatic carbocycles. The van der Waals surface area contributed by atoms with Gasteiger partial charge in [0, 0.05) is 0 Å². The van der Waals surface area contributed by atoms with E-state index in [-0.39, 0.29) is 0 Å². The lowest BCUT2D eigenvalue weighted by molar-refractivity contribution is 0.201. The van der Waals surface area contributed by atoms with Gasteiger partial charge in [0.05, 0.1) is 0 Å². The molecule has 0 bridgehead atoms. The molecular weight excluding hydrogens is 194 g/mol. The van der Waals surface area contributed by atoms with Crippen molar-refractivity contribution in [1.29, 1.82) is 0 Å². The third kappa shape index (κ3) is 2.60. The average Bonchev–Trinajstić information content (AvgIpc) is 1.25. The van der Waals surface area contributed by atoms with Gasteiger partial charge in [-0.3, -0.25) is 0 Å². The first-order chi connectivity index (χ1) is 3.25. The molecule has 0 unspecified atom stereocenters. The van der Waals surface area contributed by atoms with Gasteiger partial charge in [-0.1, -0.05) is 46.4 Å². The van der Waals surface area contributed by atoms with Crippen LogP contribution in [0, 0.1) is 0 Å². The Bertz CT molecular complexity index is 66.3. The van der Waals surface area contributed by atoms with Crippen LogP contribution in [0.2, 0.25) is 0 Å². The minimum atomic E-state index is -2.09. The van der Waals surface area contributed by atoms with E-state index in [0.717, 1.165) is 0 Å². The zero-order chi connectivity index (χ0) is 7.00. The summed E-state index contributed by atoms with van der Waals surface area (Å²) < 4.78 is -3.62. The topological polar surface area (TPSA) is 20.2 Å². The first-order valence-electron chi connectivity index (χ1n) is 1.73. The molecule has 0 heterocycles. The molecule has 1 nitrogen and oxygen atoms in total. The van der Waals surface area contributed by atoms with E-state index in [9.17, 15) is 0 Å². The fraction of sp³-hybridized carbons (Fsp3) is 1.00. The molecule has 0 fully saturated rings. The molecule has 0 spiro atoms. The van der Waals surface area contributed by atoms with Gasteiger partial charge in [-0.05, 0) is 6.92 Å². The highest BCUT2D eigenvalue weighted by Gasteiger charge is 2.41. The van der Waals surface area contributed by atoms with Gasteiger partial charge in [-0.2, -0.15) is 0 Å². The smallest absolute Gasteiger partial charge is 0.248 e. The normalized spacial score (nSPS) is 14.2. The van der Waals surface area contributed by atoms with E-state index in [0.29, 0.717) is 0 Å². The van der Waals surface area contributed by atoms with Crippen LogP contribution in [0.25, 0.3) is 0 Å². The van der Waals surface area contributed by atoms with Gasteiger partial charge in [-0.15, -0.1) is 0 Å². The van der Waals surface area contributed by atoms with E-state index >= 15 is 0 Å². The van der Waals surface area contributed by atoms with Crippen molar-refractivity contribution in [3.8, 4) is 0 Å². The van der Waals surface area contributed by atoms with E-state index in [4.69, 9.17) is 51.5 Å². The average molecular weight is 198 g/mol. The molecule has 0 saturated heterocycles. The highest BCUT2D eigenvalue weighted by atomic mass is 35.5. The fourth-order valence-electron chi connectivity index (χ4n) is 0. The fourth-order valence-corrected chi connectivity index (χ4v) is 0. The summed E-state index contributed by atoms with van der Waals surface area (Å²) in [7, 11) is 0. The summed E-state index contributed by atoms with van der Waals surface area (Å²) >= 11 is 20.7. The van der Waals surface area contributed by atoms with Crippen LogP contribution >= 0.6 is 46.4 Å².